The number of rotatable bonds is 5. The van der Waals surface area contributed by atoms with Crippen molar-refractivity contribution in [3.05, 3.63) is 35.8 Å². The van der Waals surface area contributed by atoms with Crippen LogP contribution >= 0.6 is 0 Å². The number of carbonyl (C=O) groups excluding carboxylic acids is 2. The lowest BCUT2D eigenvalue weighted by molar-refractivity contribution is -0.746. The zero-order valence-electron chi connectivity index (χ0n) is 14.0. The lowest BCUT2D eigenvalue weighted by Crippen LogP contribution is -2.50. The van der Waals surface area contributed by atoms with Crippen LogP contribution in [0.15, 0.2) is 28.8 Å². The number of amides is 2. The molecule has 0 radical (unpaired) electrons. The van der Waals surface area contributed by atoms with Crippen LogP contribution in [0.1, 0.15) is 12.1 Å². The van der Waals surface area contributed by atoms with Crippen LogP contribution in [0.2, 0.25) is 0 Å². The van der Waals surface area contributed by atoms with E-state index < -0.39 is 29.7 Å². The first-order valence-corrected chi connectivity index (χ1v) is 7.91. The van der Waals surface area contributed by atoms with Gasteiger partial charge in [-0.2, -0.15) is 0 Å². The monoisotopic (exact) mass is 364 g/mol. The van der Waals surface area contributed by atoms with Crippen molar-refractivity contribution in [1.29, 1.82) is 0 Å². The number of aromatic nitrogens is 2. The van der Waals surface area contributed by atoms with Gasteiger partial charge in [0, 0.05) is 12.2 Å². The van der Waals surface area contributed by atoms with E-state index in [9.17, 15) is 19.1 Å². The van der Waals surface area contributed by atoms with Crippen molar-refractivity contribution in [3.8, 4) is 5.95 Å². The quantitative estimate of drug-likeness (QED) is 0.714. The van der Waals surface area contributed by atoms with E-state index in [2.05, 4.69) is 15.1 Å². The summed E-state index contributed by atoms with van der Waals surface area (Å²) in [5, 5.41) is 17.7. The second kappa shape index (κ2) is 7.48. The van der Waals surface area contributed by atoms with Gasteiger partial charge in [0.05, 0.1) is 18.3 Å². The summed E-state index contributed by atoms with van der Waals surface area (Å²) < 4.78 is 24.1. The molecule has 1 saturated heterocycles. The number of ether oxygens (including phenoxy) is 1. The van der Waals surface area contributed by atoms with Gasteiger partial charge in [-0.1, -0.05) is 4.68 Å². The number of nitrogens with one attached hydrogen (secondary N) is 1. The predicted molar refractivity (Wildman–Crippen MR) is 81.9 cm³/mol. The number of aryl methyl sites for hydroxylation is 1. The molecule has 1 aliphatic heterocycles. The highest BCUT2D eigenvalue weighted by Crippen LogP contribution is 2.17. The van der Waals surface area contributed by atoms with Gasteiger partial charge < -0.3 is 24.6 Å². The summed E-state index contributed by atoms with van der Waals surface area (Å²) in [6.07, 6.45) is -1.14. The number of hydrogen-bond acceptors (Lipinski definition) is 6. The largest absolute Gasteiger partial charge is 0.539 e. The van der Waals surface area contributed by atoms with Gasteiger partial charge in [-0.3, -0.25) is 9.59 Å². The van der Waals surface area contributed by atoms with Crippen LogP contribution in [-0.2, 0) is 27.9 Å². The van der Waals surface area contributed by atoms with Crippen molar-refractivity contribution < 1.29 is 33.0 Å². The molecule has 1 atom stereocenters. The number of hydrogen-bond donors (Lipinski definition) is 1. The van der Waals surface area contributed by atoms with E-state index in [-0.39, 0.29) is 25.3 Å². The number of morpholine rings is 1. The molecule has 0 bridgehead atoms. The molecule has 1 aromatic heterocycles. The molecule has 0 spiro atoms. The van der Waals surface area contributed by atoms with Gasteiger partial charge in [-0.15, -0.1) is 0 Å². The minimum atomic E-state index is -0.954. The topological polar surface area (TPSA) is 112 Å². The molecule has 1 N–H and O–H groups in total. The summed E-state index contributed by atoms with van der Waals surface area (Å²) in [7, 11) is 1.54. The first-order valence-electron chi connectivity index (χ1n) is 7.91. The number of nitrogens with zero attached hydrogens (tertiary/aromatic N) is 3. The van der Waals surface area contributed by atoms with Crippen molar-refractivity contribution >= 4 is 17.5 Å². The summed E-state index contributed by atoms with van der Waals surface area (Å²) >= 11 is 0. The van der Waals surface area contributed by atoms with Gasteiger partial charge in [-0.25, -0.2) is 4.39 Å². The maximum atomic E-state index is 12.9. The van der Waals surface area contributed by atoms with Crippen molar-refractivity contribution in [2.24, 2.45) is 7.05 Å². The molecule has 0 aliphatic carbocycles. The highest BCUT2D eigenvalue weighted by molar-refractivity contribution is 5.95. The predicted octanol–water partition coefficient (Wildman–Crippen LogP) is -0.532. The van der Waals surface area contributed by atoms with E-state index in [1.165, 1.54) is 33.8 Å². The van der Waals surface area contributed by atoms with Crippen LogP contribution in [0, 0.1) is 5.82 Å². The third-order valence-corrected chi connectivity index (χ3v) is 3.98. The molecule has 2 amide bonds. The molecule has 26 heavy (non-hydrogen) atoms. The average Bonchev–Trinajstić information content (AvgIpc) is 2.92. The van der Waals surface area contributed by atoms with Crippen LogP contribution in [0.3, 0.4) is 0 Å². The SMILES string of the molecule is C[n+]1noc([O-])c1CN1CCOC(CC(=O)Nc2ccc(F)cc2)C1=O. The van der Waals surface area contributed by atoms with Crippen molar-refractivity contribution in [3.63, 3.8) is 0 Å². The van der Waals surface area contributed by atoms with Gasteiger partial charge in [0.2, 0.25) is 5.91 Å². The fourth-order valence-corrected chi connectivity index (χ4v) is 2.59. The summed E-state index contributed by atoms with van der Waals surface area (Å²) in [6, 6.07) is 5.29. The third-order valence-electron chi connectivity index (χ3n) is 3.98. The highest BCUT2D eigenvalue weighted by atomic mass is 19.1. The fraction of sp³-hybridized carbons (Fsp3) is 0.375. The Morgan fingerprint density at radius 3 is 2.85 bits per heavy atom. The Kier molecular flexibility index (Phi) is 5.12. The van der Waals surface area contributed by atoms with E-state index in [0.717, 1.165) is 0 Å². The Morgan fingerprint density at radius 2 is 2.19 bits per heavy atom. The average molecular weight is 364 g/mol. The third kappa shape index (κ3) is 3.97. The summed E-state index contributed by atoms with van der Waals surface area (Å²) in [4.78, 5) is 26.0. The molecular formula is C16H17FN4O5. The lowest BCUT2D eigenvalue weighted by atomic mass is 10.1. The van der Waals surface area contributed by atoms with Gasteiger partial charge in [0.15, 0.2) is 13.0 Å². The zero-order valence-corrected chi connectivity index (χ0v) is 14.0. The van der Waals surface area contributed by atoms with Crippen LogP contribution in [0.5, 0.6) is 5.95 Å². The second-order valence-corrected chi connectivity index (χ2v) is 5.81. The molecule has 0 saturated carbocycles. The standard InChI is InChI=1S/C16H17FN4O5/c1-20-12(16(24)26-19-20)9-21-6-7-25-13(15(21)23)8-14(22)18-11-4-2-10(17)3-5-11/h2-5,13H,6-9H2,1H3,(H-,18,19,22,24). The number of halogens is 1. The Bertz CT molecular complexity index is 788. The second-order valence-electron chi connectivity index (χ2n) is 5.81. The van der Waals surface area contributed by atoms with E-state index in [4.69, 9.17) is 4.74 Å². The van der Waals surface area contributed by atoms with Crippen molar-refractivity contribution in [2.75, 3.05) is 18.5 Å². The van der Waals surface area contributed by atoms with E-state index >= 15 is 0 Å². The van der Waals surface area contributed by atoms with E-state index in [1.807, 2.05) is 0 Å². The summed E-state index contributed by atoms with van der Waals surface area (Å²) in [5.74, 6) is -1.86. The molecule has 2 heterocycles. The van der Waals surface area contributed by atoms with Crippen LogP contribution < -0.4 is 15.1 Å². The van der Waals surface area contributed by atoms with Crippen LogP contribution in [0.25, 0.3) is 0 Å². The maximum absolute atomic E-state index is 12.9. The highest BCUT2D eigenvalue weighted by Gasteiger charge is 2.33. The van der Waals surface area contributed by atoms with Crippen LogP contribution in [-0.4, -0.2) is 41.2 Å². The van der Waals surface area contributed by atoms with Gasteiger partial charge in [0.25, 0.3) is 11.6 Å². The van der Waals surface area contributed by atoms with Crippen molar-refractivity contribution in [1.82, 2.24) is 10.2 Å². The molecule has 1 fully saturated rings. The van der Waals surface area contributed by atoms with Crippen molar-refractivity contribution in [2.45, 2.75) is 19.1 Å². The Labute approximate surface area is 147 Å². The zero-order chi connectivity index (χ0) is 18.7. The molecule has 1 unspecified atom stereocenters. The Morgan fingerprint density at radius 1 is 1.46 bits per heavy atom. The molecule has 1 aromatic carbocycles. The maximum Gasteiger partial charge on any atom is 0.252 e. The normalized spacial score (nSPS) is 17.4. The molecule has 10 heteroatoms. The minimum absolute atomic E-state index is 0.0249. The molecule has 3 rings (SSSR count). The smallest absolute Gasteiger partial charge is 0.252 e. The molecule has 138 valence electrons. The first kappa shape index (κ1) is 17.8. The molecular weight excluding hydrogens is 347 g/mol. The Balaban J connectivity index is 1.60. The molecule has 1 aliphatic rings. The molecule has 2 aromatic rings. The van der Waals surface area contributed by atoms with Gasteiger partial charge in [0.1, 0.15) is 18.5 Å². The lowest BCUT2D eigenvalue weighted by Gasteiger charge is -2.31. The van der Waals surface area contributed by atoms with E-state index in [1.54, 1.807) is 7.05 Å². The minimum Gasteiger partial charge on any atom is -0.539 e. The van der Waals surface area contributed by atoms with E-state index in [0.29, 0.717) is 12.2 Å². The Hall–Kier alpha value is -3.01. The van der Waals surface area contributed by atoms with Gasteiger partial charge >= 0.3 is 0 Å². The van der Waals surface area contributed by atoms with Crippen LogP contribution in [0.4, 0.5) is 10.1 Å². The fourth-order valence-electron chi connectivity index (χ4n) is 2.59. The summed E-state index contributed by atoms with van der Waals surface area (Å²) in [5.41, 5.74) is 0.652. The first-order chi connectivity index (χ1) is 12.4. The van der Waals surface area contributed by atoms with Gasteiger partial charge in [-0.05, 0) is 24.3 Å². The number of carbonyl (C=O) groups is 2. The summed E-state index contributed by atoms with van der Waals surface area (Å²) in [6.45, 7) is 0.556. The number of benzene rings is 1. The molecule has 9 nitrogen and oxygen atoms in total. The number of anilines is 1.